The molecule has 2 aromatic rings. The molecule has 0 aliphatic rings. The van der Waals surface area contributed by atoms with E-state index >= 15 is 0 Å². The molecule has 0 bridgehead atoms. The number of ether oxygens (including phenoxy) is 1. The number of benzene rings is 1. The van der Waals surface area contributed by atoms with Crippen LogP contribution in [0.1, 0.15) is 50.2 Å². The molecule has 0 aliphatic heterocycles. The maximum absolute atomic E-state index is 12.3. The van der Waals surface area contributed by atoms with E-state index in [-0.39, 0.29) is 11.3 Å². The predicted molar refractivity (Wildman–Crippen MR) is 85.4 cm³/mol. The molecule has 0 atom stereocenters. The molecule has 0 saturated carbocycles. The highest BCUT2D eigenvalue weighted by atomic mass is 16.5. The van der Waals surface area contributed by atoms with Gasteiger partial charge in [0.15, 0.2) is 5.82 Å². The fourth-order valence-electron chi connectivity index (χ4n) is 1.82. The summed E-state index contributed by atoms with van der Waals surface area (Å²) >= 11 is 0. The highest BCUT2D eigenvalue weighted by Gasteiger charge is 2.20. The van der Waals surface area contributed by atoms with Crippen LogP contribution in [0.25, 0.3) is 0 Å². The minimum absolute atomic E-state index is 0.149. The van der Waals surface area contributed by atoms with E-state index in [1.54, 1.807) is 24.3 Å². The van der Waals surface area contributed by atoms with E-state index in [9.17, 15) is 4.79 Å². The molecular formula is C17H22N2O3. The second-order valence-corrected chi connectivity index (χ2v) is 6.16. The lowest BCUT2D eigenvalue weighted by molar-refractivity contribution is 0.102. The fourth-order valence-corrected chi connectivity index (χ4v) is 1.82. The fraction of sp³-hybridized carbons (Fsp3) is 0.412. The molecule has 1 heterocycles. The van der Waals surface area contributed by atoms with Crippen LogP contribution in [0, 0.1) is 0 Å². The SMILES string of the molecule is CCCOc1cccc(C(=O)Nc2cc(C(C)(C)C)on2)c1. The number of anilines is 1. The van der Waals surface area contributed by atoms with Crippen LogP contribution in [0.2, 0.25) is 0 Å². The van der Waals surface area contributed by atoms with Gasteiger partial charge in [-0.2, -0.15) is 0 Å². The summed E-state index contributed by atoms with van der Waals surface area (Å²) in [5.74, 6) is 1.58. The van der Waals surface area contributed by atoms with E-state index in [0.29, 0.717) is 23.7 Å². The van der Waals surface area contributed by atoms with Crippen molar-refractivity contribution in [1.29, 1.82) is 0 Å². The van der Waals surface area contributed by atoms with Gasteiger partial charge in [-0.25, -0.2) is 0 Å². The van der Waals surface area contributed by atoms with Gasteiger partial charge in [0, 0.05) is 17.0 Å². The first-order valence-corrected chi connectivity index (χ1v) is 7.41. The summed E-state index contributed by atoms with van der Waals surface area (Å²) in [5.41, 5.74) is 0.373. The zero-order chi connectivity index (χ0) is 16.2. The Morgan fingerprint density at radius 2 is 2.09 bits per heavy atom. The molecule has 118 valence electrons. The van der Waals surface area contributed by atoms with Crippen molar-refractivity contribution < 1.29 is 14.1 Å². The van der Waals surface area contributed by atoms with Gasteiger partial charge < -0.3 is 14.6 Å². The Bertz CT molecular complexity index is 641. The second-order valence-electron chi connectivity index (χ2n) is 6.16. The monoisotopic (exact) mass is 302 g/mol. The van der Waals surface area contributed by atoms with Crippen molar-refractivity contribution in [2.24, 2.45) is 0 Å². The number of aromatic nitrogens is 1. The van der Waals surface area contributed by atoms with E-state index in [2.05, 4.69) is 10.5 Å². The van der Waals surface area contributed by atoms with E-state index < -0.39 is 0 Å². The zero-order valence-electron chi connectivity index (χ0n) is 13.5. The van der Waals surface area contributed by atoms with Crippen LogP contribution in [0.5, 0.6) is 5.75 Å². The summed E-state index contributed by atoms with van der Waals surface area (Å²) in [5, 5.41) is 6.62. The third kappa shape index (κ3) is 4.10. The first-order chi connectivity index (χ1) is 10.4. The van der Waals surface area contributed by atoms with Crippen LogP contribution in [0.15, 0.2) is 34.9 Å². The van der Waals surface area contributed by atoms with Gasteiger partial charge in [0.2, 0.25) is 0 Å². The highest BCUT2D eigenvalue weighted by molar-refractivity contribution is 6.03. The lowest BCUT2D eigenvalue weighted by atomic mass is 9.93. The number of nitrogens with one attached hydrogen (secondary N) is 1. The van der Waals surface area contributed by atoms with E-state index in [4.69, 9.17) is 9.26 Å². The molecule has 0 radical (unpaired) electrons. The number of hydrogen-bond donors (Lipinski definition) is 1. The largest absolute Gasteiger partial charge is 0.494 e. The molecule has 0 aliphatic carbocycles. The second kappa shape index (κ2) is 6.64. The van der Waals surface area contributed by atoms with Gasteiger partial charge in [-0.05, 0) is 24.6 Å². The van der Waals surface area contributed by atoms with Crippen molar-refractivity contribution in [2.45, 2.75) is 39.5 Å². The Hall–Kier alpha value is -2.30. The van der Waals surface area contributed by atoms with Crippen molar-refractivity contribution >= 4 is 11.7 Å². The first kappa shape index (κ1) is 16.1. The standard InChI is InChI=1S/C17H22N2O3/c1-5-9-21-13-8-6-7-12(10-13)16(20)18-15-11-14(22-19-15)17(2,3)4/h6-8,10-11H,5,9H2,1-4H3,(H,18,19,20). The highest BCUT2D eigenvalue weighted by Crippen LogP contribution is 2.24. The smallest absolute Gasteiger partial charge is 0.257 e. The van der Waals surface area contributed by atoms with E-state index in [0.717, 1.165) is 12.2 Å². The van der Waals surface area contributed by atoms with Crippen molar-refractivity contribution in [1.82, 2.24) is 5.16 Å². The Morgan fingerprint density at radius 3 is 2.73 bits per heavy atom. The van der Waals surface area contributed by atoms with Crippen molar-refractivity contribution in [3.05, 3.63) is 41.7 Å². The first-order valence-electron chi connectivity index (χ1n) is 7.41. The van der Waals surface area contributed by atoms with E-state index in [1.807, 2.05) is 33.8 Å². The topological polar surface area (TPSA) is 64.4 Å². The molecule has 5 heteroatoms. The summed E-state index contributed by atoms with van der Waals surface area (Å²) in [6.07, 6.45) is 0.922. The molecule has 1 N–H and O–H groups in total. The zero-order valence-corrected chi connectivity index (χ0v) is 13.5. The van der Waals surface area contributed by atoms with Crippen molar-refractivity contribution in [3.8, 4) is 5.75 Å². The molecule has 1 aromatic carbocycles. The number of amides is 1. The molecule has 0 fully saturated rings. The molecule has 0 spiro atoms. The van der Waals surface area contributed by atoms with Gasteiger partial charge in [0.05, 0.1) is 6.61 Å². The van der Waals surface area contributed by atoms with Gasteiger partial charge in [-0.1, -0.05) is 38.9 Å². The average Bonchev–Trinajstić information content (AvgIpc) is 2.94. The van der Waals surface area contributed by atoms with Crippen molar-refractivity contribution in [2.75, 3.05) is 11.9 Å². The van der Waals surface area contributed by atoms with Gasteiger partial charge >= 0.3 is 0 Å². The molecule has 1 amide bonds. The number of carbonyl (C=O) groups is 1. The number of nitrogens with zero attached hydrogens (tertiary/aromatic N) is 1. The minimum Gasteiger partial charge on any atom is -0.494 e. The molecule has 1 aromatic heterocycles. The lowest BCUT2D eigenvalue weighted by Gasteiger charge is -2.12. The normalized spacial score (nSPS) is 11.3. The Labute approximate surface area is 130 Å². The van der Waals surface area contributed by atoms with Crippen molar-refractivity contribution in [3.63, 3.8) is 0 Å². The third-order valence-corrected chi connectivity index (χ3v) is 3.06. The summed E-state index contributed by atoms with van der Waals surface area (Å²) in [6.45, 7) is 8.73. The average molecular weight is 302 g/mol. The third-order valence-electron chi connectivity index (χ3n) is 3.06. The molecule has 2 rings (SSSR count). The van der Waals surface area contributed by atoms with Crippen LogP contribution in [-0.2, 0) is 5.41 Å². The van der Waals surface area contributed by atoms with Crippen LogP contribution in [-0.4, -0.2) is 17.7 Å². The summed E-state index contributed by atoms with van der Waals surface area (Å²) < 4.78 is 10.8. The van der Waals surface area contributed by atoms with Gasteiger partial charge in [-0.15, -0.1) is 0 Å². The van der Waals surface area contributed by atoms with Gasteiger partial charge in [-0.3, -0.25) is 4.79 Å². The molecule has 5 nitrogen and oxygen atoms in total. The van der Waals surface area contributed by atoms with Gasteiger partial charge in [0.1, 0.15) is 11.5 Å². The Morgan fingerprint density at radius 1 is 1.32 bits per heavy atom. The summed E-state index contributed by atoms with van der Waals surface area (Å²) in [6, 6.07) is 8.83. The summed E-state index contributed by atoms with van der Waals surface area (Å²) in [4.78, 5) is 12.3. The molecule has 0 unspecified atom stereocenters. The maximum atomic E-state index is 12.3. The molecule has 22 heavy (non-hydrogen) atoms. The maximum Gasteiger partial charge on any atom is 0.257 e. The molecular weight excluding hydrogens is 280 g/mol. The molecule has 0 saturated heterocycles. The predicted octanol–water partition coefficient (Wildman–Crippen LogP) is 4.01. The van der Waals surface area contributed by atoms with E-state index in [1.165, 1.54) is 0 Å². The number of carbonyl (C=O) groups excluding carboxylic acids is 1. The minimum atomic E-state index is -0.240. The van der Waals surface area contributed by atoms with Crippen LogP contribution < -0.4 is 10.1 Å². The Balaban J connectivity index is 2.07. The lowest BCUT2D eigenvalue weighted by Crippen LogP contribution is -2.12. The number of hydrogen-bond acceptors (Lipinski definition) is 4. The van der Waals surface area contributed by atoms with Crippen LogP contribution in [0.4, 0.5) is 5.82 Å². The van der Waals surface area contributed by atoms with Crippen LogP contribution in [0.3, 0.4) is 0 Å². The summed E-state index contributed by atoms with van der Waals surface area (Å²) in [7, 11) is 0. The Kier molecular flexibility index (Phi) is 4.85. The van der Waals surface area contributed by atoms with Gasteiger partial charge in [0.25, 0.3) is 5.91 Å². The quantitative estimate of drug-likeness (QED) is 0.906. The van der Waals surface area contributed by atoms with Crippen LogP contribution >= 0.6 is 0 Å². The number of rotatable bonds is 5.